The number of nitrogens with zero attached hydrogens (tertiary/aromatic N) is 3. The summed E-state index contributed by atoms with van der Waals surface area (Å²) in [6.45, 7) is 6.74. The minimum Gasteiger partial charge on any atom is -0.549 e. The highest BCUT2D eigenvalue weighted by Crippen LogP contribution is 2.33. The Morgan fingerprint density at radius 1 is 1.26 bits per heavy atom. The summed E-state index contributed by atoms with van der Waals surface area (Å²) < 4.78 is 7.14. The van der Waals surface area contributed by atoms with Gasteiger partial charge in [-0.25, -0.2) is 4.68 Å². The van der Waals surface area contributed by atoms with Crippen LogP contribution in [0.4, 0.5) is 0 Å². The van der Waals surface area contributed by atoms with Crippen LogP contribution in [0.25, 0.3) is 5.69 Å². The number of hydrogen-bond donors (Lipinski definition) is 0. The Bertz CT molecular complexity index is 779. The van der Waals surface area contributed by atoms with E-state index in [4.69, 9.17) is 9.84 Å². The van der Waals surface area contributed by atoms with E-state index in [1.807, 2.05) is 28.9 Å². The summed E-state index contributed by atoms with van der Waals surface area (Å²) in [5.41, 5.74) is 3.84. The molecule has 3 rings (SSSR count). The molecule has 1 atom stereocenters. The number of hydrogen-bond acceptors (Lipinski definition) is 5. The molecule has 0 bridgehead atoms. The third kappa shape index (κ3) is 4.00. The van der Waals surface area contributed by atoms with Gasteiger partial charge in [0.15, 0.2) is 0 Å². The van der Waals surface area contributed by atoms with Crippen molar-refractivity contribution in [1.29, 1.82) is 0 Å². The van der Waals surface area contributed by atoms with E-state index in [9.17, 15) is 9.90 Å². The molecule has 0 amide bonds. The molecule has 146 valence electrons. The van der Waals surface area contributed by atoms with Crippen LogP contribution in [0, 0.1) is 0 Å². The van der Waals surface area contributed by atoms with Gasteiger partial charge in [0.05, 0.1) is 24.5 Å². The summed E-state index contributed by atoms with van der Waals surface area (Å²) in [6, 6.07) is 7.71. The second-order valence-corrected chi connectivity index (χ2v) is 6.96. The number of carboxylic acid groups (broad SMARTS) is 1. The fraction of sp³-hybridized carbons (Fsp3) is 0.524. The summed E-state index contributed by atoms with van der Waals surface area (Å²) >= 11 is 0. The number of fused-ring (bicyclic) bond motifs is 1. The molecule has 6 heteroatoms. The van der Waals surface area contributed by atoms with Crippen LogP contribution in [0.1, 0.15) is 49.6 Å². The van der Waals surface area contributed by atoms with Crippen molar-refractivity contribution in [1.82, 2.24) is 14.7 Å². The Morgan fingerprint density at radius 3 is 2.56 bits per heavy atom. The first-order chi connectivity index (χ1) is 13.1. The van der Waals surface area contributed by atoms with E-state index >= 15 is 0 Å². The lowest BCUT2D eigenvalue weighted by atomic mass is 9.97. The zero-order valence-electron chi connectivity index (χ0n) is 16.4. The molecule has 0 saturated carbocycles. The van der Waals surface area contributed by atoms with E-state index in [0.717, 1.165) is 61.6 Å². The smallest absolute Gasteiger partial charge is 0.119 e. The van der Waals surface area contributed by atoms with Gasteiger partial charge in [-0.3, -0.25) is 0 Å². The third-order valence-electron chi connectivity index (χ3n) is 5.52. The molecule has 0 spiro atoms. The molecule has 1 aromatic carbocycles. The molecule has 1 aliphatic carbocycles. The molecule has 2 aromatic rings. The maximum absolute atomic E-state index is 11.9. The van der Waals surface area contributed by atoms with Gasteiger partial charge in [-0.1, -0.05) is 13.8 Å². The van der Waals surface area contributed by atoms with Crippen molar-refractivity contribution in [2.45, 2.75) is 45.4 Å². The van der Waals surface area contributed by atoms with Gasteiger partial charge in [-0.15, -0.1) is 0 Å². The summed E-state index contributed by atoms with van der Waals surface area (Å²) in [4.78, 5) is 14.2. The largest absolute Gasteiger partial charge is 0.549 e. The molecule has 0 radical (unpaired) electrons. The zero-order chi connectivity index (χ0) is 19.4. The molecule has 27 heavy (non-hydrogen) atoms. The quantitative estimate of drug-likeness (QED) is 0.675. The maximum atomic E-state index is 11.9. The molecule has 0 fully saturated rings. The van der Waals surface area contributed by atoms with E-state index < -0.39 is 11.9 Å². The second-order valence-electron chi connectivity index (χ2n) is 6.96. The molecule has 0 N–H and O–H groups in total. The highest BCUT2D eigenvalue weighted by Gasteiger charge is 2.28. The van der Waals surface area contributed by atoms with Crippen LogP contribution in [-0.2, 0) is 17.6 Å². The number of aliphatic carboxylic acids is 1. The lowest BCUT2D eigenvalue weighted by Crippen LogP contribution is -2.34. The number of carboxylic acids is 1. The first-order valence-electron chi connectivity index (χ1n) is 9.77. The van der Waals surface area contributed by atoms with Gasteiger partial charge < -0.3 is 19.5 Å². The Balaban J connectivity index is 1.93. The third-order valence-corrected chi connectivity index (χ3v) is 5.52. The Labute approximate surface area is 160 Å². The standard InChI is InChI=1S/C21H29N3O3/c1-4-23(5-2)14-13-18(21(25)26)20-17-7-6-8-19(17)24(22-20)15-9-11-16(27-3)12-10-15/h9-12,18H,4-8,13-14H2,1-3H3,(H,25,26)/p-1. The number of methoxy groups -OCH3 is 1. The molecule has 0 saturated heterocycles. The maximum Gasteiger partial charge on any atom is 0.119 e. The lowest BCUT2D eigenvalue weighted by molar-refractivity contribution is -0.308. The molecule has 1 unspecified atom stereocenters. The van der Waals surface area contributed by atoms with Gasteiger partial charge in [0.1, 0.15) is 5.75 Å². The summed E-state index contributed by atoms with van der Waals surface area (Å²) in [6.07, 6.45) is 3.36. The lowest BCUT2D eigenvalue weighted by Gasteiger charge is -2.23. The first-order valence-corrected chi connectivity index (χ1v) is 9.77. The summed E-state index contributed by atoms with van der Waals surface area (Å²) in [7, 11) is 1.64. The number of ether oxygens (including phenoxy) is 1. The van der Waals surface area contributed by atoms with Crippen LogP contribution in [0.3, 0.4) is 0 Å². The van der Waals surface area contributed by atoms with Crippen molar-refractivity contribution in [2.24, 2.45) is 0 Å². The van der Waals surface area contributed by atoms with Gasteiger partial charge in [0.2, 0.25) is 0 Å². The molecular weight excluding hydrogens is 342 g/mol. The predicted molar refractivity (Wildman–Crippen MR) is 102 cm³/mol. The van der Waals surface area contributed by atoms with E-state index in [0.29, 0.717) is 12.1 Å². The topological polar surface area (TPSA) is 70.4 Å². The molecule has 0 aliphatic heterocycles. The average molecular weight is 370 g/mol. The van der Waals surface area contributed by atoms with Crippen LogP contribution in [0.2, 0.25) is 0 Å². The van der Waals surface area contributed by atoms with E-state index in [1.54, 1.807) is 7.11 Å². The van der Waals surface area contributed by atoms with E-state index in [2.05, 4.69) is 18.7 Å². The number of aromatic nitrogens is 2. The van der Waals surface area contributed by atoms with Crippen molar-refractivity contribution < 1.29 is 14.6 Å². The van der Waals surface area contributed by atoms with Gasteiger partial charge in [-0.2, -0.15) is 5.10 Å². The normalized spacial score (nSPS) is 14.4. The Kier molecular flexibility index (Phi) is 6.16. The monoisotopic (exact) mass is 370 g/mol. The minimum atomic E-state index is -1.03. The van der Waals surface area contributed by atoms with Crippen LogP contribution in [0.15, 0.2) is 24.3 Å². The van der Waals surface area contributed by atoms with Gasteiger partial charge in [-0.05, 0) is 75.1 Å². The predicted octanol–water partition coefficient (Wildman–Crippen LogP) is 1.94. The summed E-state index contributed by atoms with van der Waals surface area (Å²) in [5, 5.41) is 16.7. The second kappa shape index (κ2) is 8.57. The number of benzene rings is 1. The van der Waals surface area contributed by atoms with Crippen molar-refractivity contribution in [3.05, 3.63) is 41.2 Å². The van der Waals surface area contributed by atoms with Crippen LogP contribution in [0.5, 0.6) is 5.75 Å². The van der Waals surface area contributed by atoms with Gasteiger partial charge in [0, 0.05) is 11.6 Å². The first kappa shape index (κ1) is 19.4. The molecule has 1 heterocycles. The van der Waals surface area contributed by atoms with E-state index in [-0.39, 0.29) is 0 Å². The number of carbonyl (C=O) groups excluding carboxylic acids is 1. The van der Waals surface area contributed by atoms with Crippen molar-refractivity contribution in [2.75, 3.05) is 26.7 Å². The minimum absolute atomic E-state index is 0.524. The SMILES string of the molecule is CCN(CC)CCC(C(=O)[O-])c1nn(-c2ccc(OC)cc2)c2c1CCC2. The van der Waals surface area contributed by atoms with Gasteiger partial charge in [0.25, 0.3) is 0 Å². The van der Waals surface area contributed by atoms with Crippen molar-refractivity contribution >= 4 is 5.97 Å². The van der Waals surface area contributed by atoms with E-state index in [1.165, 1.54) is 0 Å². The molecule has 6 nitrogen and oxygen atoms in total. The molecule has 1 aromatic heterocycles. The molecular formula is C21H28N3O3-. The van der Waals surface area contributed by atoms with Crippen LogP contribution < -0.4 is 9.84 Å². The van der Waals surface area contributed by atoms with Crippen LogP contribution in [-0.4, -0.2) is 47.4 Å². The Morgan fingerprint density at radius 2 is 1.96 bits per heavy atom. The zero-order valence-corrected chi connectivity index (χ0v) is 16.4. The number of carbonyl (C=O) groups is 1. The molecule has 1 aliphatic rings. The highest BCUT2D eigenvalue weighted by atomic mass is 16.5. The van der Waals surface area contributed by atoms with Crippen molar-refractivity contribution in [3.8, 4) is 11.4 Å². The average Bonchev–Trinajstić information content (AvgIpc) is 3.28. The van der Waals surface area contributed by atoms with Gasteiger partial charge >= 0.3 is 0 Å². The highest BCUT2D eigenvalue weighted by molar-refractivity contribution is 5.74. The summed E-state index contributed by atoms with van der Waals surface area (Å²) in [5.74, 6) is -0.914. The Hall–Kier alpha value is -2.34. The van der Waals surface area contributed by atoms with Crippen LogP contribution >= 0.6 is 0 Å². The van der Waals surface area contributed by atoms with Crippen molar-refractivity contribution in [3.63, 3.8) is 0 Å². The number of rotatable bonds is 9. The fourth-order valence-electron chi connectivity index (χ4n) is 3.90. The fourth-order valence-corrected chi connectivity index (χ4v) is 3.90.